The fourth-order valence-corrected chi connectivity index (χ4v) is 3.88. The second-order valence-corrected chi connectivity index (χ2v) is 7.48. The summed E-state index contributed by atoms with van der Waals surface area (Å²) >= 11 is 0. The molecule has 0 aliphatic carbocycles. The van der Waals surface area contributed by atoms with Crippen LogP contribution in [0.25, 0.3) is 11.4 Å². The molecule has 11 heteroatoms. The molecule has 0 unspecified atom stereocenters. The van der Waals surface area contributed by atoms with Gasteiger partial charge in [-0.05, 0) is 32.4 Å². The maximum atomic E-state index is 12.8. The molecule has 0 fully saturated rings. The number of hydrogen-bond acceptors (Lipinski definition) is 6. The van der Waals surface area contributed by atoms with Crippen molar-refractivity contribution >= 4 is 10.8 Å². The number of hydrogen-bond donors (Lipinski definition) is 0. The summed E-state index contributed by atoms with van der Waals surface area (Å²) in [5.74, 6) is 1.40. The number of rotatable bonds is 7. The SMILES string of the molecule is CCn1c(C)nnc1[S@@](=O)CCCc1nc(-c2cccc(C(F)(F)F)c2)no1. The number of benzene rings is 1. The van der Waals surface area contributed by atoms with Crippen LogP contribution in [0.3, 0.4) is 0 Å². The van der Waals surface area contributed by atoms with Gasteiger partial charge in [0.2, 0.25) is 16.9 Å². The summed E-state index contributed by atoms with van der Waals surface area (Å²) in [6.45, 7) is 4.35. The summed E-state index contributed by atoms with van der Waals surface area (Å²) in [6.07, 6.45) is -3.59. The molecule has 3 rings (SSSR count). The highest BCUT2D eigenvalue weighted by Gasteiger charge is 2.30. The molecule has 7 nitrogen and oxygen atoms in total. The number of nitrogens with zero attached hydrogens (tertiary/aromatic N) is 5. The molecule has 0 aliphatic heterocycles. The van der Waals surface area contributed by atoms with E-state index in [1.165, 1.54) is 12.1 Å². The van der Waals surface area contributed by atoms with E-state index in [9.17, 15) is 17.4 Å². The van der Waals surface area contributed by atoms with Crippen LogP contribution < -0.4 is 0 Å². The smallest absolute Gasteiger partial charge is 0.339 e. The molecule has 2 aromatic heterocycles. The second kappa shape index (κ2) is 8.21. The molecule has 0 aliphatic rings. The van der Waals surface area contributed by atoms with Gasteiger partial charge in [-0.15, -0.1) is 10.2 Å². The summed E-state index contributed by atoms with van der Waals surface area (Å²) in [4.78, 5) is 4.13. The van der Waals surface area contributed by atoms with Crippen molar-refractivity contribution in [1.82, 2.24) is 24.9 Å². The van der Waals surface area contributed by atoms with Crippen LogP contribution in [0.1, 0.15) is 30.6 Å². The third-order valence-electron chi connectivity index (χ3n) is 4.06. The highest BCUT2D eigenvalue weighted by Crippen LogP contribution is 2.31. The number of alkyl halides is 3. The van der Waals surface area contributed by atoms with Crippen molar-refractivity contribution in [1.29, 1.82) is 0 Å². The Labute approximate surface area is 161 Å². The zero-order valence-corrected chi connectivity index (χ0v) is 16.0. The topological polar surface area (TPSA) is 86.7 Å². The summed E-state index contributed by atoms with van der Waals surface area (Å²) in [6, 6.07) is 4.74. The second-order valence-electron chi connectivity index (χ2n) is 6.02. The lowest BCUT2D eigenvalue weighted by molar-refractivity contribution is -0.137. The minimum absolute atomic E-state index is 0.0866. The molecular formula is C17H18F3N5O2S. The minimum atomic E-state index is -4.44. The summed E-state index contributed by atoms with van der Waals surface area (Å²) in [5, 5.41) is 12.1. The molecule has 0 radical (unpaired) electrons. The van der Waals surface area contributed by atoms with Gasteiger partial charge in [0, 0.05) is 24.3 Å². The maximum absolute atomic E-state index is 12.8. The van der Waals surface area contributed by atoms with Crippen molar-refractivity contribution in [3.8, 4) is 11.4 Å². The van der Waals surface area contributed by atoms with Gasteiger partial charge < -0.3 is 9.09 Å². The third kappa shape index (κ3) is 4.46. The quantitative estimate of drug-likeness (QED) is 0.590. The Hall–Kier alpha value is -2.56. The highest BCUT2D eigenvalue weighted by molar-refractivity contribution is 7.84. The molecule has 2 heterocycles. The first-order valence-electron chi connectivity index (χ1n) is 8.58. The van der Waals surface area contributed by atoms with E-state index in [0.717, 1.165) is 12.1 Å². The van der Waals surface area contributed by atoms with Crippen molar-refractivity contribution in [2.75, 3.05) is 5.75 Å². The van der Waals surface area contributed by atoms with Crippen LogP contribution in [0.5, 0.6) is 0 Å². The van der Waals surface area contributed by atoms with Crippen LogP contribution >= 0.6 is 0 Å². The van der Waals surface area contributed by atoms with Crippen LogP contribution in [-0.4, -0.2) is 34.9 Å². The van der Waals surface area contributed by atoms with Crippen molar-refractivity contribution in [2.45, 2.75) is 44.6 Å². The van der Waals surface area contributed by atoms with E-state index in [1.807, 2.05) is 6.92 Å². The zero-order chi connectivity index (χ0) is 20.3. The first kappa shape index (κ1) is 20.2. The van der Waals surface area contributed by atoms with E-state index in [-0.39, 0.29) is 17.3 Å². The fraction of sp³-hybridized carbons (Fsp3) is 0.412. The molecule has 1 atom stereocenters. The Morgan fingerprint density at radius 1 is 1.25 bits per heavy atom. The van der Waals surface area contributed by atoms with Gasteiger partial charge in [0.1, 0.15) is 5.82 Å². The molecule has 150 valence electrons. The third-order valence-corrected chi connectivity index (χ3v) is 5.43. The molecule has 0 N–H and O–H groups in total. The first-order valence-corrected chi connectivity index (χ1v) is 9.90. The Morgan fingerprint density at radius 3 is 2.75 bits per heavy atom. The van der Waals surface area contributed by atoms with Gasteiger partial charge in [0.25, 0.3) is 0 Å². The van der Waals surface area contributed by atoms with E-state index in [2.05, 4.69) is 20.3 Å². The van der Waals surface area contributed by atoms with Crippen LogP contribution in [0.4, 0.5) is 13.2 Å². The van der Waals surface area contributed by atoms with Crippen molar-refractivity contribution < 1.29 is 21.9 Å². The fourth-order valence-electron chi connectivity index (χ4n) is 2.65. The van der Waals surface area contributed by atoms with E-state index in [1.54, 1.807) is 11.5 Å². The summed E-state index contributed by atoms with van der Waals surface area (Å²) < 4.78 is 57.8. The Morgan fingerprint density at radius 2 is 2.04 bits per heavy atom. The van der Waals surface area contributed by atoms with Gasteiger partial charge in [-0.3, -0.25) is 4.21 Å². The zero-order valence-electron chi connectivity index (χ0n) is 15.2. The molecule has 0 saturated heterocycles. The van der Waals surface area contributed by atoms with Gasteiger partial charge in [-0.1, -0.05) is 17.3 Å². The van der Waals surface area contributed by atoms with Gasteiger partial charge in [0.05, 0.1) is 16.4 Å². The van der Waals surface area contributed by atoms with Gasteiger partial charge >= 0.3 is 6.18 Å². The minimum Gasteiger partial charge on any atom is -0.339 e. The molecule has 3 aromatic rings. The average Bonchev–Trinajstić information content (AvgIpc) is 3.27. The average molecular weight is 413 g/mol. The van der Waals surface area contributed by atoms with E-state index in [0.29, 0.717) is 36.1 Å². The van der Waals surface area contributed by atoms with E-state index >= 15 is 0 Å². The standard InChI is InChI=1S/C17H18F3N5O2S/c1-3-25-11(2)22-23-16(25)28(26)9-5-8-14-21-15(24-27-14)12-6-4-7-13(10-12)17(18,19)20/h4,6-7,10H,3,5,8-9H2,1-2H3/t28-/m0/s1. The van der Waals surface area contributed by atoms with Gasteiger partial charge in [0.15, 0.2) is 0 Å². The lowest BCUT2D eigenvalue weighted by Gasteiger charge is -2.06. The lowest BCUT2D eigenvalue weighted by atomic mass is 10.1. The normalized spacial score (nSPS) is 13.0. The number of halogens is 3. The Bertz CT molecular complexity index is 983. The van der Waals surface area contributed by atoms with Crippen molar-refractivity contribution in [3.05, 3.63) is 41.5 Å². The monoisotopic (exact) mass is 413 g/mol. The van der Waals surface area contributed by atoms with Gasteiger partial charge in [-0.2, -0.15) is 18.2 Å². The largest absolute Gasteiger partial charge is 0.416 e. The summed E-state index contributed by atoms with van der Waals surface area (Å²) in [5.41, 5.74) is -0.554. The van der Waals surface area contributed by atoms with Crippen LogP contribution in [0.2, 0.25) is 0 Å². The van der Waals surface area contributed by atoms with Crippen molar-refractivity contribution in [3.63, 3.8) is 0 Å². The van der Waals surface area contributed by atoms with Gasteiger partial charge in [-0.25, -0.2) is 0 Å². The molecule has 0 spiro atoms. The Balaban J connectivity index is 1.62. The maximum Gasteiger partial charge on any atom is 0.416 e. The predicted molar refractivity (Wildman–Crippen MR) is 94.8 cm³/mol. The summed E-state index contributed by atoms with van der Waals surface area (Å²) in [7, 11) is -1.32. The molecule has 0 amide bonds. The molecule has 0 bridgehead atoms. The number of aromatic nitrogens is 5. The first-order chi connectivity index (χ1) is 13.3. The molecule has 1 aromatic carbocycles. The molecular weight excluding hydrogens is 395 g/mol. The van der Waals surface area contributed by atoms with Crippen LogP contribution in [0.15, 0.2) is 33.9 Å². The highest BCUT2D eigenvalue weighted by atomic mass is 32.2. The van der Waals surface area contributed by atoms with E-state index in [4.69, 9.17) is 4.52 Å². The van der Waals surface area contributed by atoms with Crippen LogP contribution in [0, 0.1) is 6.92 Å². The predicted octanol–water partition coefficient (Wildman–Crippen LogP) is 3.42. The van der Waals surface area contributed by atoms with E-state index < -0.39 is 22.5 Å². The lowest BCUT2D eigenvalue weighted by Crippen LogP contribution is -2.09. The van der Waals surface area contributed by atoms with Crippen molar-refractivity contribution in [2.24, 2.45) is 0 Å². The Kier molecular flexibility index (Phi) is 5.92. The van der Waals surface area contributed by atoms with Crippen LogP contribution in [-0.2, 0) is 29.9 Å². The number of aryl methyl sites for hydroxylation is 2. The molecule has 28 heavy (non-hydrogen) atoms. The molecule has 0 saturated carbocycles.